The third kappa shape index (κ3) is 1.85. The molecule has 2 aliphatic rings. The van der Waals surface area contributed by atoms with Crippen molar-refractivity contribution >= 4 is 23.6 Å². The second-order valence-corrected chi connectivity index (χ2v) is 4.48. The third-order valence-electron chi connectivity index (χ3n) is 2.37. The van der Waals surface area contributed by atoms with Crippen molar-refractivity contribution in [3.8, 4) is 0 Å². The predicted octanol–water partition coefficient (Wildman–Crippen LogP) is -1.28. The van der Waals surface area contributed by atoms with Crippen molar-refractivity contribution in [3.63, 3.8) is 0 Å². The molecule has 78 valence electrons. The average molecular weight is 216 g/mol. The molecule has 0 aromatic carbocycles. The van der Waals surface area contributed by atoms with Gasteiger partial charge in [-0.2, -0.15) is 0 Å². The molecule has 2 aliphatic heterocycles. The smallest absolute Gasteiger partial charge is 0.242 e. The van der Waals surface area contributed by atoms with E-state index in [0.717, 1.165) is 0 Å². The van der Waals surface area contributed by atoms with Crippen molar-refractivity contribution in [1.29, 1.82) is 0 Å². The van der Waals surface area contributed by atoms with Crippen molar-refractivity contribution in [2.24, 2.45) is 0 Å². The van der Waals surface area contributed by atoms with Gasteiger partial charge in [0.2, 0.25) is 11.8 Å². The molecule has 14 heavy (non-hydrogen) atoms. The van der Waals surface area contributed by atoms with Gasteiger partial charge in [0.15, 0.2) is 0 Å². The van der Waals surface area contributed by atoms with E-state index in [4.69, 9.17) is 5.11 Å². The maximum atomic E-state index is 11.5. The maximum absolute atomic E-state index is 11.5. The zero-order valence-corrected chi connectivity index (χ0v) is 8.50. The van der Waals surface area contributed by atoms with E-state index in [1.165, 1.54) is 11.8 Å². The molecule has 2 rings (SSSR count). The summed E-state index contributed by atoms with van der Waals surface area (Å²) in [5, 5.41) is 9.00. The van der Waals surface area contributed by atoms with Crippen molar-refractivity contribution in [3.05, 3.63) is 0 Å². The van der Waals surface area contributed by atoms with Crippen LogP contribution < -0.4 is 0 Å². The lowest BCUT2D eigenvalue weighted by atomic mass is 10.2. The monoisotopic (exact) mass is 216 g/mol. The van der Waals surface area contributed by atoms with Gasteiger partial charge in [0.25, 0.3) is 0 Å². The number of thioether (sulfide) groups is 1. The van der Waals surface area contributed by atoms with Gasteiger partial charge >= 0.3 is 0 Å². The minimum absolute atomic E-state index is 0.0319. The van der Waals surface area contributed by atoms with Gasteiger partial charge in [-0.3, -0.25) is 9.59 Å². The molecule has 2 saturated heterocycles. The van der Waals surface area contributed by atoms with E-state index in [-0.39, 0.29) is 24.5 Å². The van der Waals surface area contributed by atoms with E-state index in [1.807, 2.05) is 0 Å². The molecular formula is C8H12N2O3S. The Bertz CT molecular complexity index is 265. The van der Waals surface area contributed by atoms with Crippen LogP contribution in [0.15, 0.2) is 0 Å². The summed E-state index contributed by atoms with van der Waals surface area (Å²) in [6.45, 7) is 0.987. The molecule has 0 aromatic rings. The number of likely N-dealkylation sites (tertiary alicyclic amines) is 1. The normalized spacial score (nSPS) is 22.8. The van der Waals surface area contributed by atoms with Gasteiger partial charge in [-0.15, -0.1) is 11.8 Å². The Balaban J connectivity index is 1.79. The highest BCUT2D eigenvalue weighted by Gasteiger charge is 2.31. The Labute approximate surface area is 86.0 Å². The van der Waals surface area contributed by atoms with E-state index in [2.05, 4.69) is 0 Å². The first-order chi connectivity index (χ1) is 6.66. The van der Waals surface area contributed by atoms with Gasteiger partial charge in [-0.25, -0.2) is 0 Å². The van der Waals surface area contributed by atoms with Crippen LogP contribution >= 0.6 is 11.8 Å². The van der Waals surface area contributed by atoms with Crippen LogP contribution in [0.1, 0.15) is 0 Å². The number of amides is 2. The van der Waals surface area contributed by atoms with Crippen LogP contribution in [0.25, 0.3) is 0 Å². The van der Waals surface area contributed by atoms with E-state index >= 15 is 0 Å². The van der Waals surface area contributed by atoms with E-state index in [9.17, 15) is 9.59 Å². The van der Waals surface area contributed by atoms with Crippen molar-refractivity contribution in [2.45, 2.75) is 6.10 Å². The molecule has 2 heterocycles. The Morgan fingerprint density at radius 2 is 2.29 bits per heavy atom. The molecule has 2 fully saturated rings. The highest BCUT2D eigenvalue weighted by atomic mass is 32.2. The zero-order valence-electron chi connectivity index (χ0n) is 7.68. The summed E-state index contributed by atoms with van der Waals surface area (Å²) in [7, 11) is 0. The Morgan fingerprint density at radius 3 is 2.79 bits per heavy atom. The van der Waals surface area contributed by atoms with Gasteiger partial charge in [0.05, 0.1) is 17.7 Å². The number of carbonyl (C=O) groups excluding carboxylic acids is 2. The Kier molecular flexibility index (Phi) is 2.64. The molecule has 0 aromatic heterocycles. The van der Waals surface area contributed by atoms with E-state index < -0.39 is 0 Å². The fourth-order valence-electron chi connectivity index (χ4n) is 1.46. The van der Waals surface area contributed by atoms with Gasteiger partial charge in [0.1, 0.15) is 6.54 Å². The van der Waals surface area contributed by atoms with Crippen LogP contribution in [0.2, 0.25) is 0 Å². The summed E-state index contributed by atoms with van der Waals surface area (Å²) < 4.78 is 0. The van der Waals surface area contributed by atoms with Gasteiger partial charge < -0.3 is 14.9 Å². The number of hydrogen-bond acceptors (Lipinski definition) is 4. The lowest BCUT2D eigenvalue weighted by Crippen LogP contribution is -2.56. The molecule has 0 aliphatic carbocycles. The van der Waals surface area contributed by atoms with Gasteiger partial charge in [0, 0.05) is 13.1 Å². The first-order valence-corrected chi connectivity index (χ1v) is 5.63. The summed E-state index contributed by atoms with van der Waals surface area (Å²) in [5.41, 5.74) is 0. The second kappa shape index (κ2) is 3.78. The molecular weight excluding hydrogens is 204 g/mol. The molecule has 1 N–H and O–H groups in total. The van der Waals surface area contributed by atoms with Crippen LogP contribution in [0, 0.1) is 0 Å². The fraction of sp³-hybridized carbons (Fsp3) is 0.750. The predicted molar refractivity (Wildman–Crippen MR) is 51.6 cm³/mol. The standard InChI is InChI=1S/C8H12N2O3S/c11-6-1-9(2-6)7(12)3-10-5-14-4-8(10)13/h6,11H,1-5H2. The Hall–Kier alpha value is -0.750. The molecule has 6 heteroatoms. The van der Waals surface area contributed by atoms with E-state index in [1.54, 1.807) is 9.80 Å². The summed E-state index contributed by atoms with van der Waals surface area (Å²) in [4.78, 5) is 25.8. The quantitative estimate of drug-likeness (QED) is 0.625. The van der Waals surface area contributed by atoms with Crippen LogP contribution in [0.3, 0.4) is 0 Å². The van der Waals surface area contributed by atoms with Crippen LogP contribution in [0.4, 0.5) is 0 Å². The third-order valence-corrected chi connectivity index (χ3v) is 3.31. The number of aliphatic hydroxyl groups is 1. The van der Waals surface area contributed by atoms with Crippen molar-refractivity contribution < 1.29 is 14.7 Å². The molecule has 0 radical (unpaired) electrons. The van der Waals surface area contributed by atoms with Crippen molar-refractivity contribution in [2.75, 3.05) is 31.3 Å². The number of β-amino-alcohol motifs (C(OH)–C–C–N with tert-alkyl or cyclic N) is 1. The highest BCUT2D eigenvalue weighted by molar-refractivity contribution is 8.00. The summed E-state index contributed by atoms with van der Waals surface area (Å²) in [6.07, 6.45) is -0.373. The van der Waals surface area contributed by atoms with Crippen LogP contribution in [0.5, 0.6) is 0 Å². The first-order valence-electron chi connectivity index (χ1n) is 4.48. The lowest BCUT2D eigenvalue weighted by Gasteiger charge is -2.36. The fourth-order valence-corrected chi connectivity index (χ4v) is 2.37. The summed E-state index contributed by atoms with van der Waals surface area (Å²) in [6, 6.07) is 0. The minimum atomic E-state index is -0.373. The van der Waals surface area contributed by atoms with Crippen LogP contribution in [-0.2, 0) is 9.59 Å². The van der Waals surface area contributed by atoms with Gasteiger partial charge in [-0.05, 0) is 0 Å². The Morgan fingerprint density at radius 1 is 1.57 bits per heavy atom. The lowest BCUT2D eigenvalue weighted by molar-refractivity contribution is -0.145. The number of carbonyl (C=O) groups is 2. The number of rotatable bonds is 2. The molecule has 0 spiro atoms. The first kappa shape index (κ1) is 9.79. The number of hydrogen-bond donors (Lipinski definition) is 1. The van der Waals surface area contributed by atoms with Gasteiger partial charge in [-0.1, -0.05) is 0 Å². The summed E-state index contributed by atoms with van der Waals surface area (Å²) in [5.74, 6) is 1.06. The maximum Gasteiger partial charge on any atom is 0.242 e. The zero-order chi connectivity index (χ0) is 10.1. The second-order valence-electron chi connectivity index (χ2n) is 3.52. The molecule has 0 saturated carbocycles. The molecule has 2 amide bonds. The molecule has 5 nitrogen and oxygen atoms in total. The molecule has 0 bridgehead atoms. The number of aliphatic hydroxyl groups excluding tert-OH is 1. The van der Waals surface area contributed by atoms with Crippen LogP contribution in [-0.4, -0.2) is 64.1 Å². The summed E-state index contributed by atoms with van der Waals surface area (Å²) >= 11 is 1.53. The molecule has 0 unspecified atom stereocenters. The largest absolute Gasteiger partial charge is 0.389 e. The minimum Gasteiger partial charge on any atom is -0.389 e. The van der Waals surface area contributed by atoms with Crippen molar-refractivity contribution in [1.82, 2.24) is 9.80 Å². The number of nitrogens with zero attached hydrogens (tertiary/aromatic N) is 2. The average Bonchev–Trinajstić information content (AvgIpc) is 2.46. The topological polar surface area (TPSA) is 60.9 Å². The highest BCUT2D eigenvalue weighted by Crippen LogP contribution is 2.16. The van der Waals surface area contributed by atoms with E-state index in [0.29, 0.717) is 24.7 Å². The SMILES string of the molecule is O=C1CSCN1CC(=O)N1CC(O)C1. The molecule has 0 atom stereocenters.